The normalized spacial score (nSPS) is 24.5. The van der Waals surface area contributed by atoms with Crippen LogP contribution >= 0.6 is 0 Å². The second-order valence-electron chi connectivity index (χ2n) is 17.1. The number of hydrogen-bond donors (Lipinski definition) is 2. The molecule has 1 aromatic carbocycles. The van der Waals surface area contributed by atoms with E-state index in [1.165, 1.54) is 21.6 Å². The first-order valence-corrected chi connectivity index (χ1v) is 21.8. The monoisotopic (exact) mass is 905 g/mol. The molecule has 1 saturated carbocycles. The van der Waals surface area contributed by atoms with E-state index in [4.69, 9.17) is 9.47 Å². The number of imide groups is 1. The predicted octanol–water partition coefficient (Wildman–Crippen LogP) is 5.20. The maximum absolute atomic E-state index is 15.5. The first-order chi connectivity index (χ1) is 31.4. The van der Waals surface area contributed by atoms with Gasteiger partial charge in [-0.05, 0) is 56.6 Å². The van der Waals surface area contributed by atoms with Gasteiger partial charge in [-0.1, -0.05) is 24.0 Å². The molecule has 2 N–H and O–H groups in total. The number of halogens is 5. The maximum atomic E-state index is 15.5. The number of fused-ring (bicyclic) bond motifs is 2. The average Bonchev–Trinajstić information content (AvgIpc) is 4.01. The van der Waals surface area contributed by atoms with Crippen LogP contribution in [0.3, 0.4) is 0 Å². The minimum absolute atomic E-state index is 0.0123. The van der Waals surface area contributed by atoms with Gasteiger partial charge in [-0.2, -0.15) is 15.3 Å². The highest BCUT2D eigenvalue weighted by Gasteiger charge is 2.35. The number of carbonyl (C=O) groups is 3. The van der Waals surface area contributed by atoms with Crippen LogP contribution in [-0.4, -0.2) is 128 Å². The molecule has 0 bridgehead atoms. The van der Waals surface area contributed by atoms with Crippen LogP contribution in [0.1, 0.15) is 90.6 Å². The van der Waals surface area contributed by atoms with Crippen molar-refractivity contribution in [2.45, 2.75) is 88.1 Å². The van der Waals surface area contributed by atoms with Crippen LogP contribution in [0.5, 0.6) is 0 Å². The van der Waals surface area contributed by atoms with Crippen LogP contribution in [0.15, 0.2) is 42.9 Å². The molecule has 4 fully saturated rings. The van der Waals surface area contributed by atoms with E-state index < -0.39 is 48.7 Å². The predicted molar refractivity (Wildman–Crippen MR) is 225 cm³/mol. The number of nitrogens with zero attached hydrogens (tertiary/aromatic N) is 9. The third-order valence-electron chi connectivity index (χ3n) is 12.8. The van der Waals surface area contributed by atoms with Crippen molar-refractivity contribution in [2.24, 2.45) is 13.0 Å². The fourth-order valence-electron chi connectivity index (χ4n) is 9.49. The van der Waals surface area contributed by atoms with Gasteiger partial charge in [-0.15, -0.1) is 0 Å². The average molecular weight is 906 g/mol. The van der Waals surface area contributed by atoms with Gasteiger partial charge in [-0.25, -0.2) is 31.5 Å². The summed E-state index contributed by atoms with van der Waals surface area (Å²) in [5, 5.41) is 18.7. The summed E-state index contributed by atoms with van der Waals surface area (Å²) in [6.45, 7) is 1.94. The van der Waals surface area contributed by atoms with Crippen LogP contribution in [-0.2, 0) is 26.1 Å². The van der Waals surface area contributed by atoms with Crippen molar-refractivity contribution in [3.8, 4) is 11.8 Å². The van der Waals surface area contributed by atoms with Gasteiger partial charge in [-0.3, -0.25) is 34.0 Å². The Balaban J connectivity index is 0.757. The molecular weight excluding hydrogens is 858 g/mol. The summed E-state index contributed by atoms with van der Waals surface area (Å²) in [6.07, 6.45) is -0.426. The van der Waals surface area contributed by atoms with Gasteiger partial charge in [0.1, 0.15) is 30.3 Å². The van der Waals surface area contributed by atoms with Crippen molar-refractivity contribution in [2.75, 3.05) is 56.2 Å². The summed E-state index contributed by atoms with van der Waals surface area (Å²) in [7, 11) is 1.78. The Hall–Kier alpha value is -5.98. The topological polar surface area (TPSA) is 166 Å². The number of alkyl halides is 5. The van der Waals surface area contributed by atoms with Crippen LogP contribution in [0, 0.1) is 17.8 Å². The number of carbonyl (C=O) groups excluding carboxylic acids is 3. The fraction of sp³-hybridized carbons (Fsp3) is 0.523. The highest BCUT2D eigenvalue weighted by molar-refractivity contribution is 6.08. The van der Waals surface area contributed by atoms with E-state index in [1.807, 2.05) is 18.2 Å². The number of morpholine rings is 1. The smallest absolute Gasteiger partial charge is 0.284 e. The van der Waals surface area contributed by atoms with Crippen molar-refractivity contribution in [3.05, 3.63) is 65.4 Å². The van der Waals surface area contributed by atoms with Crippen molar-refractivity contribution in [1.82, 2.24) is 44.4 Å². The van der Waals surface area contributed by atoms with E-state index in [1.54, 1.807) is 28.9 Å². The summed E-state index contributed by atoms with van der Waals surface area (Å²) in [5.74, 6) is 4.88. The van der Waals surface area contributed by atoms with E-state index >= 15 is 4.39 Å². The second-order valence-corrected chi connectivity index (χ2v) is 17.1. The van der Waals surface area contributed by atoms with Gasteiger partial charge in [0.05, 0.1) is 59.9 Å². The van der Waals surface area contributed by atoms with E-state index in [0.29, 0.717) is 62.4 Å². The molecule has 7 heterocycles. The number of anilines is 2. The zero-order valence-electron chi connectivity index (χ0n) is 35.5. The van der Waals surface area contributed by atoms with Gasteiger partial charge in [0.2, 0.25) is 11.8 Å². The molecule has 3 aliphatic heterocycles. The summed E-state index contributed by atoms with van der Waals surface area (Å²) < 4.78 is 86.3. The molecule has 0 radical (unpaired) electrons. The zero-order chi connectivity index (χ0) is 45.4. The van der Waals surface area contributed by atoms with Crippen molar-refractivity contribution in [1.29, 1.82) is 0 Å². The molecule has 3 amide bonds. The summed E-state index contributed by atoms with van der Waals surface area (Å²) in [5.41, 5.74) is 1.51. The Kier molecular flexibility index (Phi) is 12.8. The number of hydrogen-bond acceptors (Lipinski definition) is 11. The largest absolute Gasteiger partial charge is 0.369 e. The summed E-state index contributed by atoms with van der Waals surface area (Å²) in [4.78, 5) is 46.0. The molecule has 21 heteroatoms. The minimum Gasteiger partial charge on any atom is -0.369 e. The molecule has 1 aliphatic carbocycles. The lowest BCUT2D eigenvalue weighted by molar-refractivity contribution is -0.134. The Morgan fingerprint density at radius 3 is 2.65 bits per heavy atom. The lowest BCUT2D eigenvalue weighted by Gasteiger charge is -2.38. The van der Waals surface area contributed by atoms with Gasteiger partial charge >= 0.3 is 0 Å². The second kappa shape index (κ2) is 18.9. The molecule has 9 rings (SSSR count). The van der Waals surface area contributed by atoms with Crippen molar-refractivity contribution < 1.29 is 45.8 Å². The van der Waals surface area contributed by atoms with Gasteiger partial charge in [0, 0.05) is 57.4 Å². The minimum atomic E-state index is -2.96. The molecule has 4 aromatic heterocycles. The molecule has 4 aliphatic rings. The van der Waals surface area contributed by atoms with Gasteiger partial charge in [0.25, 0.3) is 18.8 Å². The Bertz CT molecular complexity index is 2630. The molecule has 5 aromatic rings. The molecular formula is C44H48F5N11O5. The quantitative estimate of drug-likeness (QED) is 0.102. The van der Waals surface area contributed by atoms with Gasteiger partial charge in [0.15, 0.2) is 11.3 Å². The number of nitrogens with one attached hydrogen (secondary N) is 2. The molecule has 4 atom stereocenters. The molecule has 65 heavy (non-hydrogen) atoms. The van der Waals surface area contributed by atoms with Gasteiger partial charge < -0.3 is 19.7 Å². The zero-order valence-corrected chi connectivity index (χ0v) is 35.5. The Labute approximate surface area is 369 Å². The highest BCUT2D eigenvalue weighted by atomic mass is 19.3. The van der Waals surface area contributed by atoms with E-state index in [2.05, 4.69) is 47.7 Å². The van der Waals surface area contributed by atoms with E-state index in [-0.39, 0.29) is 73.4 Å². The maximum Gasteiger partial charge on any atom is 0.284 e. The van der Waals surface area contributed by atoms with E-state index in [9.17, 15) is 31.9 Å². The number of aromatic nitrogens is 7. The molecule has 1 unspecified atom stereocenters. The van der Waals surface area contributed by atoms with Crippen LogP contribution in [0.25, 0.3) is 16.6 Å². The number of para-hydroxylation sites is 1. The number of amides is 3. The number of likely N-dealkylation sites (tertiary alicyclic amines) is 1. The number of piperidine rings is 2. The SMILES string of the molecule is Cn1nc(C2CCC(=O)NC2=O)c2cccc(C#CCO[C@@H]3CCN(CC4CCC(n5cc(NC(=O)c6cnn7ccc(N8CCO[C@@H](C(F)F)C8)nc67)c(C(F)F)n5)CC4)C[C@@H]3F)c21. The van der Waals surface area contributed by atoms with Crippen LogP contribution in [0.2, 0.25) is 0 Å². The lowest BCUT2D eigenvalue weighted by atomic mass is 9.85. The molecule has 344 valence electrons. The number of benzene rings is 1. The lowest BCUT2D eigenvalue weighted by Crippen LogP contribution is -2.47. The molecule has 3 saturated heterocycles. The van der Waals surface area contributed by atoms with E-state index in [0.717, 1.165) is 23.7 Å². The molecule has 0 spiro atoms. The van der Waals surface area contributed by atoms with Crippen molar-refractivity contribution >= 4 is 45.8 Å². The summed E-state index contributed by atoms with van der Waals surface area (Å²) >= 11 is 0. The first-order valence-electron chi connectivity index (χ1n) is 21.8. The van der Waals surface area contributed by atoms with Crippen LogP contribution < -0.4 is 15.5 Å². The third kappa shape index (κ3) is 9.42. The van der Waals surface area contributed by atoms with Crippen LogP contribution in [0.4, 0.5) is 33.5 Å². The standard InChI is InChI=1S/C44H48F5N11O5/c1-56-39-26(4-2-6-28(39)37(54-56)29-11-12-36(61)53-43(29)62)5-3-18-64-33-13-15-57(22-31(33)45)21-25-7-9-27(10-8-25)60-23-32(38(55-60)41(48)49)51-44(63)30-20-50-59-16-14-35(52-42(30)59)58-17-19-65-34(24-58)40(46)47/h2,4,6,14,16,20,23,25,27,29,31,33-34,40-41H,7-13,15,17-19,21-22,24H2,1H3,(H,51,63)(H,53,61,62)/t25?,27?,29?,31-,33+,34+/m0/s1. The number of ether oxygens (including phenoxy) is 2. The first kappa shape index (κ1) is 44.2. The van der Waals surface area contributed by atoms with Crippen molar-refractivity contribution in [3.63, 3.8) is 0 Å². The number of aryl methyl sites for hydroxylation is 1. The molecule has 16 nitrogen and oxygen atoms in total. The highest BCUT2D eigenvalue weighted by Crippen LogP contribution is 2.36. The number of rotatable bonds is 11. The summed E-state index contributed by atoms with van der Waals surface area (Å²) in [6, 6.07) is 7.00. The Morgan fingerprint density at radius 1 is 1.05 bits per heavy atom. The Morgan fingerprint density at radius 2 is 1.88 bits per heavy atom. The third-order valence-corrected chi connectivity index (χ3v) is 12.8. The fourth-order valence-corrected chi connectivity index (χ4v) is 9.49.